The Kier molecular flexibility index (Phi) is 5.07. The molecule has 0 saturated heterocycles. The minimum atomic E-state index is 0.822. The van der Waals surface area contributed by atoms with E-state index in [0.717, 1.165) is 43.3 Å². The first-order chi connectivity index (χ1) is 10.0. The second-order valence-electron chi connectivity index (χ2n) is 5.55. The average Bonchev–Trinajstić information content (AvgIpc) is 2.94. The summed E-state index contributed by atoms with van der Waals surface area (Å²) in [5.41, 5.74) is 3.57. The van der Waals surface area contributed by atoms with Gasteiger partial charge in [0.1, 0.15) is 11.6 Å². The Morgan fingerprint density at radius 3 is 2.76 bits per heavy atom. The molecule has 5 heteroatoms. The highest BCUT2D eigenvalue weighted by atomic mass is 16.3. The van der Waals surface area contributed by atoms with Crippen molar-refractivity contribution in [3.8, 4) is 0 Å². The normalized spacial score (nSPS) is 11.1. The molecule has 0 saturated carbocycles. The van der Waals surface area contributed by atoms with Crippen molar-refractivity contribution < 1.29 is 4.42 Å². The van der Waals surface area contributed by atoms with Crippen molar-refractivity contribution in [2.45, 2.75) is 40.3 Å². The summed E-state index contributed by atoms with van der Waals surface area (Å²) in [6, 6.07) is 2.03. The van der Waals surface area contributed by atoms with E-state index in [0.29, 0.717) is 0 Å². The maximum atomic E-state index is 5.38. The molecule has 5 nitrogen and oxygen atoms in total. The molecule has 0 fully saturated rings. The minimum absolute atomic E-state index is 0.822. The van der Waals surface area contributed by atoms with E-state index in [1.54, 1.807) is 6.26 Å². The lowest BCUT2D eigenvalue weighted by atomic mass is 10.2. The number of nitrogens with one attached hydrogen (secondary N) is 1. The summed E-state index contributed by atoms with van der Waals surface area (Å²) in [5, 5.41) is 8.05. The van der Waals surface area contributed by atoms with Crippen LogP contribution < -0.4 is 10.2 Å². The maximum absolute atomic E-state index is 5.38. The summed E-state index contributed by atoms with van der Waals surface area (Å²) in [4.78, 5) is 2.24. The highest BCUT2D eigenvalue weighted by molar-refractivity contribution is 5.50. The summed E-state index contributed by atoms with van der Waals surface area (Å²) >= 11 is 0. The largest absolute Gasteiger partial charge is 0.469 e. The molecular formula is C16H26N4O. The van der Waals surface area contributed by atoms with Gasteiger partial charge in [-0.15, -0.1) is 0 Å². The first-order valence-corrected chi connectivity index (χ1v) is 7.51. The van der Waals surface area contributed by atoms with E-state index in [2.05, 4.69) is 36.2 Å². The Hall–Kier alpha value is -1.75. The first kappa shape index (κ1) is 15.6. The molecule has 0 aliphatic carbocycles. The molecular weight excluding hydrogens is 264 g/mol. The summed E-state index contributed by atoms with van der Waals surface area (Å²) in [6.45, 7) is 8.96. The molecule has 2 aromatic heterocycles. The lowest BCUT2D eigenvalue weighted by molar-refractivity contribution is 0.529. The van der Waals surface area contributed by atoms with E-state index >= 15 is 0 Å². The standard InChI is InChI=1S/C16H26N4O/c1-6-8-17-10-15-12(2)18-20(5)16(15)19(4)11-14-7-9-21-13(14)3/h7,9,17H,6,8,10-11H2,1-5H3. The third-order valence-electron chi connectivity index (χ3n) is 3.78. The third-order valence-corrected chi connectivity index (χ3v) is 3.78. The molecule has 0 bridgehead atoms. The van der Waals surface area contributed by atoms with E-state index in [1.807, 2.05) is 24.7 Å². The fourth-order valence-corrected chi connectivity index (χ4v) is 2.67. The number of hydrogen-bond donors (Lipinski definition) is 1. The fraction of sp³-hybridized carbons (Fsp3) is 0.562. The van der Waals surface area contributed by atoms with Gasteiger partial charge in [0.05, 0.1) is 12.0 Å². The van der Waals surface area contributed by atoms with Gasteiger partial charge in [0.2, 0.25) is 0 Å². The van der Waals surface area contributed by atoms with Crippen molar-refractivity contribution in [1.29, 1.82) is 0 Å². The van der Waals surface area contributed by atoms with Gasteiger partial charge in [-0.3, -0.25) is 4.68 Å². The van der Waals surface area contributed by atoms with Crippen molar-refractivity contribution in [2.75, 3.05) is 18.5 Å². The number of rotatable bonds is 7. The van der Waals surface area contributed by atoms with Gasteiger partial charge < -0.3 is 14.6 Å². The maximum Gasteiger partial charge on any atom is 0.131 e. The number of aromatic nitrogens is 2. The van der Waals surface area contributed by atoms with Crippen LogP contribution in [0, 0.1) is 13.8 Å². The molecule has 2 rings (SSSR count). The highest BCUT2D eigenvalue weighted by Gasteiger charge is 2.17. The lowest BCUT2D eigenvalue weighted by Crippen LogP contribution is -2.23. The fourth-order valence-electron chi connectivity index (χ4n) is 2.67. The van der Waals surface area contributed by atoms with Crippen LogP contribution in [0.25, 0.3) is 0 Å². The van der Waals surface area contributed by atoms with Gasteiger partial charge in [0, 0.05) is 38.3 Å². The van der Waals surface area contributed by atoms with Crippen molar-refractivity contribution >= 4 is 5.82 Å². The van der Waals surface area contributed by atoms with Crippen LogP contribution in [0.5, 0.6) is 0 Å². The second-order valence-corrected chi connectivity index (χ2v) is 5.55. The number of nitrogens with zero attached hydrogens (tertiary/aromatic N) is 3. The van der Waals surface area contributed by atoms with Gasteiger partial charge in [0.15, 0.2) is 0 Å². The van der Waals surface area contributed by atoms with Crippen molar-refractivity contribution in [1.82, 2.24) is 15.1 Å². The summed E-state index contributed by atoms with van der Waals surface area (Å²) < 4.78 is 7.35. The summed E-state index contributed by atoms with van der Waals surface area (Å²) in [7, 11) is 4.11. The predicted molar refractivity (Wildman–Crippen MR) is 85.5 cm³/mol. The van der Waals surface area contributed by atoms with Crippen molar-refractivity contribution in [2.24, 2.45) is 7.05 Å². The van der Waals surface area contributed by atoms with Gasteiger partial charge in [0.25, 0.3) is 0 Å². The Labute approximate surface area is 126 Å². The quantitative estimate of drug-likeness (QED) is 0.797. The van der Waals surface area contributed by atoms with E-state index in [9.17, 15) is 0 Å². The Bertz CT molecular complexity index is 585. The second kappa shape index (κ2) is 6.80. The van der Waals surface area contributed by atoms with Crippen LogP contribution in [0.2, 0.25) is 0 Å². The molecule has 116 valence electrons. The third kappa shape index (κ3) is 3.47. The highest BCUT2D eigenvalue weighted by Crippen LogP contribution is 2.24. The van der Waals surface area contributed by atoms with E-state index in [4.69, 9.17) is 4.42 Å². The topological polar surface area (TPSA) is 46.2 Å². The Morgan fingerprint density at radius 2 is 2.14 bits per heavy atom. The molecule has 0 aliphatic rings. The molecule has 0 aromatic carbocycles. The minimum Gasteiger partial charge on any atom is -0.469 e. The molecule has 0 radical (unpaired) electrons. The monoisotopic (exact) mass is 290 g/mol. The molecule has 0 unspecified atom stereocenters. The lowest BCUT2D eigenvalue weighted by Gasteiger charge is -2.21. The van der Waals surface area contributed by atoms with Gasteiger partial charge in [-0.1, -0.05) is 6.92 Å². The molecule has 2 aromatic rings. The molecule has 1 N–H and O–H groups in total. The zero-order valence-electron chi connectivity index (χ0n) is 13.7. The molecule has 0 amide bonds. The van der Waals surface area contributed by atoms with Crippen LogP contribution in [-0.4, -0.2) is 23.4 Å². The first-order valence-electron chi connectivity index (χ1n) is 7.51. The van der Waals surface area contributed by atoms with Crippen LogP contribution in [0.1, 0.15) is 35.9 Å². The molecule has 0 aliphatic heterocycles. The van der Waals surface area contributed by atoms with Gasteiger partial charge >= 0.3 is 0 Å². The van der Waals surface area contributed by atoms with Crippen LogP contribution in [0.4, 0.5) is 5.82 Å². The van der Waals surface area contributed by atoms with Gasteiger partial charge in [-0.2, -0.15) is 5.10 Å². The van der Waals surface area contributed by atoms with Crippen molar-refractivity contribution in [3.63, 3.8) is 0 Å². The van der Waals surface area contributed by atoms with Crippen LogP contribution in [0.3, 0.4) is 0 Å². The zero-order chi connectivity index (χ0) is 15.4. The molecule has 2 heterocycles. The van der Waals surface area contributed by atoms with Gasteiger partial charge in [-0.25, -0.2) is 0 Å². The number of anilines is 1. The average molecular weight is 290 g/mol. The number of aryl methyl sites for hydroxylation is 3. The Morgan fingerprint density at radius 1 is 1.38 bits per heavy atom. The van der Waals surface area contributed by atoms with Crippen LogP contribution in [-0.2, 0) is 20.1 Å². The van der Waals surface area contributed by atoms with E-state index in [1.165, 1.54) is 11.1 Å². The SMILES string of the molecule is CCCNCc1c(C)nn(C)c1N(C)Cc1ccoc1C. The predicted octanol–water partition coefficient (Wildman–Crippen LogP) is 2.77. The van der Waals surface area contributed by atoms with Crippen LogP contribution >= 0.6 is 0 Å². The summed E-state index contributed by atoms with van der Waals surface area (Å²) in [6.07, 6.45) is 2.88. The van der Waals surface area contributed by atoms with E-state index < -0.39 is 0 Å². The molecule has 0 atom stereocenters. The Balaban J connectivity index is 2.19. The molecule has 21 heavy (non-hydrogen) atoms. The van der Waals surface area contributed by atoms with Gasteiger partial charge in [-0.05, 0) is 32.9 Å². The number of furan rings is 1. The molecule has 0 spiro atoms. The van der Waals surface area contributed by atoms with Crippen molar-refractivity contribution in [3.05, 3.63) is 34.9 Å². The zero-order valence-corrected chi connectivity index (χ0v) is 13.7. The van der Waals surface area contributed by atoms with E-state index in [-0.39, 0.29) is 0 Å². The summed E-state index contributed by atoms with van der Waals surface area (Å²) in [5.74, 6) is 2.14. The smallest absolute Gasteiger partial charge is 0.131 e. The van der Waals surface area contributed by atoms with Crippen LogP contribution in [0.15, 0.2) is 16.7 Å². The number of hydrogen-bond acceptors (Lipinski definition) is 4.